The van der Waals surface area contributed by atoms with Crippen molar-refractivity contribution in [3.63, 3.8) is 0 Å². The van der Waals surface area contributed by atoms with Gasteiger partial charge in [-0.15, -0.1) is 0 Å². The third-order valence-electron chi connectivity index (χ3n) is 3.60. The Morgan fingerprint density at radius 3 is 2.31 bits per heavy atom. The molecule has 0 aliphatic carbocycles. The van der Waals surface area contributed by atoms with E-state index in [9.17, 15) is 9.59 Å². The Morgan fingerprint density at radius 2 is 1.65 bits per heavy atom. The predicted octanol–water partition coefficient (Wildman–Crippen LogP) is 2.81. The lowest BCUT2D eigenvalue weighted by molar-refractivity contribution is 0.0844. The minimum Gasteiger partial charge on any atom is -0.497 e. The van der Waals surface area contributed by atoms with Crippen molar-refractivity contribution in [3.8, 4) is 17.0 Å². The zero-order valence-electron chi connectivity index (χ0n) is 13.7. The van der Waals surface area contributed by atoms with Crippen molar-refractivity contribution >= 4 is 23.4 Å². The van der Waals surface area contributed by atoms with E-state index in [0.717, 1.165) is 11.3 Å². The summed E-state index contributed by atoms with van der Waals surface area (Å²) in [6.07, 6.45) is 0. The van der Waals surface area contributed by atoms with Crippen LogP contribution in [0.15, 0.2) is 54.6 Å². The molecule has 132 valence electrons. The van der Waals surface area contributed by atoms with Gasteiger partial charge in [0.2, 0.25) is 0 Å². The first-order chi connectivity index (χ1) is 12.6. The van der Waals surface area contributed by atoms with E-state index >= 15 is 0 Å². The number of hydrogen-bond donors (Lipinski definition) is 3. The number of benzene rings is 2. The molecule has 0 aliphatic heterocycles. The van der Waals surface area contributed by atoms with Crippen LogP contribution in [0.1, 0.15) is 20.8 Å². The Kier molecular flexibility index (Phi) is 5.19. The molecule has 2 amide bonds. The second-order valence-electron chi connectivity index (χ2n) is 5.31. The van der Waals surface area contributed by atoms with Crippen molar-refractivity contribution in [1.29, 1.82) is 0 Å². The summed E-state index contributed by atoms with van der Waals surface area (Å²) in [5, 5.41) is 7.27. The number of methoxy groups -OCH3 is 1. The van der Waals surface area contributed by atoms with E-state index in [1.807, 2.05) is 12.1 Å². The molecule has 0 saturated carbocycles. The monoisotopic (exact) mass is 370 g/mol. The number of aromatic amines is 1. The van der Waals surface area contributed by atoms with Gasteiger partial charge in [0.15, 0.2) is 0 Å². The van der Waals surface area contributed by atoms with E-state index < -0.39 is 11.8 Å². The Labute approximate surface area is 154 Å². The van der Waals surface area contributed by atoms with E-state index in [1.54, 1.807) is 49.6 Å². The number of rotatable bonds is 4. The average molecular weight is 371 g/mol. The summed E-state index contributed by atoms with van der Waals surface area (Å²) in [5.41, 5.74) is 6.68. The molecule has 0 saturated heterocycles. The lowest BCUT2D eigenvalue weighted by Gasteiger charge is -2.06. The lowest BCUT2D eigenvalue weighted by atomic mass is 10.1. The van der Waals surface area contributed by atoms with Crippen LogP contribution in [0, 0.1) is 0 Å². The lowest BCUT2D eigenvalue weighted by Crippen LogP contribution is -2.41. The molecular formula is C18H15ClN4O3. The molecule has 3 aromatic rings. The van der Waals surface area contributed by atoms with E-state index in [0.29, 0.717) is 16.3 Å². The number of ether oxygens (including phenoxy) is 1. The zero-order chi connectivity index (χ0) is 18.5. The molecule has 2 aromatic carbocycles. The van der Waals surface area contributed by atoms with Gasteiger partial charge in [-0.3, -0.25) is 25.5 Å². The highest BCUT2D eigenvalue weighted by Gasteiger charge is 2.13. The molecule has 0 atom stereocenters. The number of carbonyl (C=O) groups excluding carboxylic acids is 2. The molecule has 0 spiro atoms. The van der Waals surface area contributed by atoms with Crippen LogP contribution in [0.2, 0.25) is 5.02 Å². The molecule has 1 heterocycles. The van der Waals surface area contributed by atoms with Gasteiger partial charge in [0, 0.05) is 16.1 Å². The normalized spacial score (nSPS) is 10.2. The quantitative estimate of drug-likeness (QED) is 0.615. The van der Waals surface area contributed by atoms with Crippen LogP contribution in [0.4, 0.5) is 0 Å². The number of H-pyrrole nitrogens is 1. The van der Waals surface area contributed by atoms with Crippen molar-refractivity contribution in [2.75, 3.05) is 7.11 Å². The standard InChI is InChI=1S/C18H15ClN4O3/c1-26-14-8-4-11(5-9-14)15-10-16(21-20-15)18(25)23-22-17(24)12-2-6-13(19)7-3-12/h2-10H,1H3,(H,20,21)(H,22,24)(H,23,25). The van der Waals surface area contributed by atoms with Crippen LogP contribution in [0.25, 0.3) is 11.3 Å². The molecule has 3 N–H and O–H groups in total. The van der Waals surface area contributed by atoms with Crippen LogP contribution in [-0.2, 0) is 0 Å². The van der Waals surface area contributed by atoms with Gasteiger partial charge in [0.05, 0.1) is 12.8 Å². The SMILES string of the molecule is COc1ccc(-c2cc(C(=O)NNC(=O)c3ccc(Cl)cc3)[nH]n2)cc1. The summed E-state index contributed by atoms with van der Waals surface area (Å²) in [5.74, 6) is -0.239. The van der Waals surface area contributed by atoms with E-state index in [4.69, 9.17) is 16.3 Å². The van der Waals surface area contributed by atoms with Gasteiger partial charge in [0.25, 0.3) is 11.8 Å². The number of aromatic nitrogens is 2. The summed E-state index contributed by atoms with van der Waals surface area (Å²) < 4.78 is 5.11. The third kappa shape index (κ3) is 4.01. The predicted molar refractivity (Wildman–Crippen MR) is 97.0 cm³/mol. The Bertz CT molecular complexity index is 920. The number of halogens is 1. The Morgan fingerprint density at radius 1 is 1.00 bits per heavy atom. The van der Waals surface area contributed by atoms with Crippen LogP contribution in [-0.4, -0.2) is 29.1 Å². The fourth-order valence-corrected chi connectivity index (χ4v) is 2.33. The summed E-state index contributed by atoms with van der Waals surface area (Å²) in [6, 6.07) is 15.2. The minimum absolute atomic E-state index is 0.215. The van der Waals surface area contributed by atoms with Gasteiger partial charge in [-0.1, -0.05) is 11.6 Å². The van der Waals surface area contributed by atoms with Crippen LogP contribution < -0.4 is 15.6 Å². The maximum Gasteiger partial charge on any atom is 0.287 e. The van der Waals surface area contributed by atoms with Crippen molar-refractivity contribution in [2.24, 2.45) is 0 Å². The molecule has 0 radical (unpaired) electrons. The van der Waals surface area contributed by atoms with Crippen molar-refractivity contribution in [3.05, 3.63) is 70.9 Å². The highest BCUT2D eigenvalue weighted by molar-refractivity contribution is 6.30. The first-order valence-corrected chi connectivity index (χ1v) is 8.00. The Balaban J connectivity index is 1.62. The number of amides is 2. The fraction of sp³-hybridized carbons (Fsp3) is 0.0556. The second-order valence-corrected chi connectivity index (χ2v) is 5.75. The summed E-state index contributed by atoms with van der Waals surface area (Å²) in [6.45, 7) is 0. The molecule has 26 heavy (non-hydrogen) atoms. The number of hydrazine groups is 1. The highest BCUT2D eigenvalue weighted by Crippen LogP contribution is 2.21. The average Bonchev–Trinajstić information content (AvgIpc) is 3.17. The smallest absolute Gasteiger partial charge is 0.287 e. The largest absolute Gasteiger partial charge is 0.497 e. The molecule has 0 aliphatic rings. The van der Waals surface area contributed by atoms with Crippen molar-refractivity contribution in [1.82, 2.24) is 21.0 Å². The fourth-order valence-electron chi connectivity index (χ4n) is 2.20. The molecule has 1 aromatic heterocycles. The van der Waals surface area contributed by atoms with Crippen LogP contribution in [0.5, 0.6) is 5.75 Å². The molecule has 3 rings (SSSR count). The molecule has 0 bridgehead atoms. The number of hydrogen-bond acceptors (Lipinski definition) is 4. The molecule has 0 unspecified atom stereocenters. The number of nitrogens with zero attached hydrogens (tertiary/aromatic N) is 1. The van der Waals surface area contributed by atoms with Gasteiger partial charge >= 0.3 is 0 Å². The van der Waals surface area contributed by atoms with Crippen molar-refractivity contribution in [2.45, 2.75) is 0 Å². The molecule has 0 fully saturated rings. The molecular weight excluding hydrogens is 356 g/mol. The topological polar surface area (TPSA) is 96.1 Å². The van der Waals surface area contributed by atoms with Gasteiger partial charge in [-0.2, -0.15) is 5.10 Å². The van der Waals surface area contributed by atoms with Gasteiger partial charge in [-0.25, -0.2) is 0 Å². The minimum atomic E-state index is -0.514. The first kappa shape index (κ1) is 17.5. The summed E-state index contributed by atoms with van der Waals surface area (Å²) >= 11 is 5.77. The van der Waals surface area contributed by atoms with Gasteiger partial charge in [0.1, 0.15) is 11.4 Å². The van der Waals surface area contributed by atoms with E-state index in [1.165, 1.54) is 0 Å². The Hall–Kier alpha value is -3.32. The maximum absolute atomic E-state index is 12.1. The maximum atomic E-state index is 12.1. The zero-order valence-corrected chi connectivity index (χ0v) is 14.5. The van der Waals surface area contributed by atoms with Crippen LogP contribution in [0.3, 0.4) is 0 Å². The van der Waals surface area contributed by atoms with Gasteiger partial charge in [-0.05, 0) is 54.6 Å². The molecule has 7 nitrogen and oxygen atoms in total. The van der Waals surface area contributed by atoms with Crippen LogP contribution >= 0.6 is 11.6 Å². The first-order valence-electron chi connectivity index (χ1n) is 7.63. The summed E-state index contributed by atoms with van der Waals surface area (Å²) in [4.78, 5) is 24.1. The highest BCUT2D eigenvalue weighted by atomic mass is 35.5. The van der Waals surface area contributed by atoms with E-state index in [2.05, 4.69) is 21.0 Å². The van der Waals surface area contributed by atoms with E-state index in [-0.39, 0.29) is 5.69 Å². The second kappa shape index (κ2) is 7.71. The third-order valence-corrected chi connectivity index (χ3v) is 3.86. The number of carbonyl (C=O) groups is 2. The number of nitrogens with one attached hydrogen (secondary N) is 3. The molecule has 8 heteroatoms. The van der Waals surface area contributed by atoms with Gasteiger partial charge < -0.3 is 4.74 Å². The summed E-state index contributed by atoms with van der Waals surface area (Å²) in [7, 11) is 1.59. The van der Waals surface area contributed by atoms with Crippen molar-refractivity contribution < 1.29 is 14.3 Å².